The Balaban J connectivity index is 1.74. The number of anilines is 1. The highest BCUT2D eigenvalue weighted by Crippen LogP contribution is 2.30. The van der Waals surface area contributed by atoms with E-state index in [9.17, 15) is 13.6 Å². The van der Waals surface area contributed by atoms with Gasteiger partial charge in [0.25, 0.3) is 5.91 Å². The van der Waals surface area contributed by atoms with Crippen molar-refractivity contribution in [3.63, 3.8) is 0 Å². The molecule has 0 fully saturated rings. The Labute approximate surface area is 181 Å². The summed E-state index contributed by atoms with van der Waals surface area (Å²) >= 11 is 12.1. The van der Waals surface area contributed by atoms with Gasteiger partial charge in [0.05, 0.1) is 13.2 Å². The van der Waals surface area contributed by atoms with Gasteiger partial charge in [0.1, 0.15) is 5.02 Å². The molecule has 0 aliphatic rings. The number of carbonyl (C=O) groups excluding carboxylic acids is 1. The van der Waals surface area contributed by atoms with Crippen LogP contribution in [0.3, 0.4) is 0 Å². The van der Waals surface area contributed by atoms with Crippen molar-refractivity contribution in [2.45, 2.75) is 20.1 Å². The highest BCUT2D eigenvalue weighted by Gasteiger charge is 2.17. The summed E-state index contributed by atoms with van der Waals surface area (Å²) in [6, 6.07) is 11.1. The summed E-state index contributed by atoms with van der Waals surface area (Å²) in [6.45, 7) is -0.675. The summed E-state index contributed by atoms with van der Waals surface area (Å²) in [5.74, 6) is -0.488. The third-order valence-electron chi connectivity index (χ3n) is 3.93. The quantitative estimate of drug-likeness (QED) is 0.487. The Bertz CT molecular complexity index is 1030. The molecule has 0 saturated heterocycles. The van der Waals surface area contributed by atoms with E-state index in [-0.39, 0.29) is 34.5 Å². The van der Waals surface area contributed by atoms with Gasteiger partial charge in [0, 0.05) is 16.8 Å². The Morgan fingerprint density at radius 1 is 1.17 bits per heavy atom. The second-order valence-electron chi connectivity index (χ2n) is 6.08. The average molecular weight is 456 g/mol. The van der Waals surface area contributed by atoms with Crippen LogP contribution in [0.25, 0.3) is 0 Å². The van der Waals surface area contributed by atoms with Crippen LogP contribution in [0, 0.1) is 0 Å². The van der Waals surface area contributed by atoms with Gasteiger partial charge in [-0.25, -0.2) is 0 Å². The molecule has 1 amide bonds. The van der Waals surface area contributed by atoms with Gasteiger partial charge in [0.15, 0.2) is 17.3 Å². The molecule has 0 bridgehead atoms. The Hall–Kier alpha value is -2.84. The predicted octanol–water partition coefficient (Wildman–Crippen LogP) is 5.49. The van der Waals surface area contributed by atoms with Crippen LogP contribution in [0.15, 0.2) is 48.7 Å². The van der Waals surface area contributed by atoms with Gasteiger partial charge < -0.3 is 14.8 Å². The molecule has 2 aromatic carbocycles. The van der Waals surface area contributed by atoms with Crippen molar-refractivity contribution >= 4 is 34.9 Å². The number of nitrogens with one attached hydrogen (secondary N) is 1. The number of hydrogen-bond donors (Lipinski definition) is 1. The maximum Gasteiger partial charge on any atom is 0.387 e. The zero-order valence-corrected chi connectivity index (χ0v) is 17.3. The van der Waals surface area contributed by atoms with E-state index in [0.29, 0.717) is 11.6 Å². The first-order valence-corrected chi connectivity index (χ1v) is 9.61. The number of ether oxygens (including phenoxy) is 2. The number of aromatic nitrogens is 2. The zero-order chi connectivity index (χ0) is 21.7. The maximum atomic E-state index is 12.6. The van der Waals surface area contributed by atoms with Crippen LogP contribution in [0.5, 0.6) is 11.5 Å². The first-order valence-electron chi connectivity index (χ1n) is 8.86. The largest absolute Gasteiger partial charge is 0.490 e. The molecule has 1 aromatic heterocycles. The number of nitrogens with zero attached hydrogens (tertiary/aromatic N) is 2. The minimum atomic E-state index is -3.01. The summed E-state index contributed by atoms with van der Waals surface area (Å²) in [4.78, 5) is 12.6. The summed E-state index contributed by atoms with van der Waals surface area (Å²) in [7, 11) is 0. The fourth-order valence-corrected chi connectivity index (χ4v) is 2.95. The van der Waals surface area contributed by atoms with Crippen LogP contribution in [0.4, 0.5) is 14.6 Å². The van der Waals surface area contributed by atoms with Gasteiger partial charge in [-0.15, -0.1) is 0 Å². The van der Waals surface area contributed by atoms with Crippen LogP contribution in [-0.2, 0) is 6.54 Å². The highest BCUT2D eigenvalue weighted by molar-refractivity contribution is 6.33. The number of halogens is 4. The van der Waals surface area contributed by atoms with Crippen molar-refractivity contribution in [2.75, 3.05) is 11.9 Å². The van der Waals surface area contributed by atoms with Crippen LogP contribution in [0.1, 0.15) is 22.8 Å². The summed E-state index contributed by atoms with van der Waals surface area (Å²) < 4.78 is 36.3. The van der Waals surface area contributed by atoms with Crippen LogP contribution in [-0.4, -0.2) is 28.9 Å². The smallest absolute Gasteiger partial charge is 0.387 e. The predicted molar refractivity (Wildman–Crippen MR) is 110 cm³/mol. The Kier molecular flexibility index (Phi) is 7.12. The number of rotatable bonds is 8. The molecule has 10 heteroatoms. The topological polar surface area (TPSA) is 65.4 Å². The first kappa shape index (κ1) is 21.9. The minimum absolute atomic E-state index is 0.0322. The molecule has 0 unspecified atom stereocenters. The van der Waals surface area contributed by atoms with E-state index in [1.807, 2.05) is 12.1 Å². The lowest BCUT2D eigenvalue weighted by molar-refractivity contribution is -0.0514. The van der Waals surface area contributed by atoms with Gasteiger partial charge >= 0.3 is 6.61 Å². The number of alkyl halides is 2. The molecule has 0 radical (unpaired) electrons. The minimum Gasteiger partial charge on any atom is -0.490 e. The number of hydrogen-bond acceptors (Lipinski definition) is 4. The molecule has 0 aliphatic carbocycles. The third-order valence-corrected chi connectivity index (χ3v) is 4.46. The standard InChI is InChI=1S/C20H17Cl2F2N3O3/c1-2-29-17-9-13(5-8-16(17)30-20(23)24)19(28)25-18-15(22)11-27(26-18)10-12-3-6-14(21)7-4-12/h3-9,11,20H,2,10H2,1H3,(H,25,26,28). The molecular weight excluding hydrogens is 439 g/mol. The van der Waals surface area contributed by atoms with Gasteiger partial charge in [-0.2, -0.15) is 13.9 Å². The summed E-state index contributed by atoms with van der Waals surface area (Å²) in [5.41, 5.74) is 1.12. The molecule has 0 spiro atoms. The van der Waals surface area contributed by atoms with E-state index < -0.39 is 12.5 Å². The number of benzene rings is 2. The Morgan fingerprint density at radius 2 is 1.90 bits per heavy atom. The molecular formula is C20H17Cl2F2N3O3. The third kappa shape index (κ3) is 5.61. The molecule has 1 N–H and O–H groups in total. The van der Waals surface area contributed by atoms with Gasteiger partial charge in [0.2, 0.25) is 0 Å². The molecule has 3 rings (SSSR count). The molecule has 6 nitrogen and oxygen atoms in total. The van der Waals surface area contributed by atoms with Crippen LogP contribution < -0.4 is 14.8 Å². The van der Waals surface area contributed by atoms with Crippen molar-refractivity contribution < 1.29 is 23.0 Å². The van der Waals surface area contributed by atoms with E-state index in [1.54, 1.807) is 29.9 Å². The fraction of sp³-hybridized carbons (Fsp3) is 0.200. The van der Waals surface area contributed by atoms with E-state index in [1.165, 1.54) is 18.2 Å². The second-order valence-corrected chi connectivity index (χ2v) is 6.92. The van der Waals surface area contributed by atoms with Crippen molar-refractivity contribution in [3.8, 4) is 11.5 Å². The number of amides is 1. The van der Waals surface area contributed by atoms with Gasteiger partial charge in [-0.05, 0) is 42.8 Å². The lowest BCUT2D eigenvalue weighted by Gasteiger charge is -2.12. The van der Waals surface area contributed by atoms with Crippen LogP contribution in [0.2, 0.25) is 10.0 Å². The normalized spacial score (nSPS) is 10.9. The van der Waals surface area contributed by atoms with Crippen molar-refractivity contribution in [3.05, 3.63) is 69.8 Å². The van der Waals surface area contributed by atoms with E-state index in [2.05, 4.69) is 15.2 Å². The SMILES string of the molecule is CCOc1cc(C(=O)Nc2nn(Cc3ccc(Cl)cc3)cc2Cl)ccc1OC(F)F. The number of carbonyl (C=O) groups is 1. The lowest BCUT2D eigenvalue weighted by Crippen LogP contribution is -2.14. The van der Waals surface area contributed by atoms with Crippen molar-refractivity contribution in [2.24, 2.45) is 0 Å². The molecule has 3 aromatic rings. The van der Waals surface area contributed by atoms with E-state index >= 15 is 0 Å². The van der Waals surface area contributed by atoms with Gasteiger partial charge in [-0.1, -0.05) is 35.3 Å². The zero-order valence-electron chi connectivity index (χ0n) is 15.7. The van der Waals surface area contributed by atoms with Crippen LogP contribution >= 0.6 is 23.2 Å². The lowest BCUT2D eigenvalue weighted by atomic mass is 10.2. The van der Waals surface area contributed by atoms with Crippen molar-refractivity contribution in [1.82, 2.24) is 9.78 Å². The first-order chi connectivity index (χ1) is 14.4. The fourth-order valence-electron chi connectivity index (χ4n) is 2.63. The summed E-state index contributed by atoms with van der Waals surface area (Å²) in [6.07, 6.45) is 1.58. The average Bonchev–Trinajstić information content (AvgIpc) is 3.03. The molecule has 0 aliphatic heterocycles. The monoisotopic (exact) mass is 455 g/mol. The highest BCUT2D eigenvalue weighted by atomic mass is 35.5. The Morgan fingerprint density at radius 3 is 2.57 bits per heavy atom. The molecule has 0 atom stereocenters. The van der Waals surface area contributed by atoms with Crippen molar-refractivity contribution in [1.29, 1.82) is 0 Å². The van der Waals surface area contributed by atoms with Gasteiger partial charge in [-0.3, -0.25) is 9.48 Å². The molecule has 30 heavy (non-hydrogen) atoms. The second kappa shape index (κ2) is 9.77. The summed E-state index contributed by atoms with van der Waals surface area (Å²) in [5, 5.41) is 7.75. The van der Waals surface area contributed by atoms with E-state index in [0.717, 1.165) is 5.56 Å². The molecule has 1 heterocycles. The molecule has 158 valence electrons. The maximum absolute atomic E-state index is 12.6. The van der Waals surface area contributed by atoms with E-state index in [4.69, 9.17) is 27.9 Å². The molecule has 0 saturated carbocycles.